The van der Waals surface area contributed by atoms with Gasteiger partial charge in [-0.2, -0.15) is 0 Å². The van der Waals surface area contributed by atoms with Crippen LogP contribution in [-0.4, -0.2) is 24.0 Å². The summed E-state index contributed by atoms with van der Waals surface area (Å²) >= 11 is 0. The highest BCUT2D eigenvalue weighted by Crippen LogP contribution is 2.19. The molecule has 1 fully saturated rings. The normalized spacial score (nSPS) is 14.4. The van der Waals surface area contributed by atoms with Crippen LogP contribution in [0, 0.1) is 5.82 Å². The molecule has 118 valence electrons. The van der Waals surface area contributed by atoms with Gasteiger partial charge in [0.25, 0.3) is 0 Å². The fourth-order valence-electron chi connectivity index (χ4n) is 2.52. The van der Waals surface area contributed by atoms with Crippen LogP contribution in [0.25, 0.3) is 6.08 Å². The van der Waals surface area contributed by atoms with Gasteiger partial charge in [-0.15, -0.1) is 0 Å². The van der Waals surface area contributed by atoms with Crippen molar-refractivity contribution in [3.63, 3.8) is 0 Å². The van der Waals surface area contributed by atoms with Crippen molar-refractivity contribution in [3.8, 4) is 0 Å². The largest absolute Gasteiger partial charge is 0.357 e. The molecule has 2 heterocycles. The van der Waals surface area contributed by atoms with Crippen LogP contribution in [0.1, 0.15) is 18.4 Å². The Balaban J connectivity index is 1.57. The zero-order valence-corrected chi connectivity index (χ0v) is 12.7. The molecule has 1 amide bonds. The Hall–Kier alpha value is -2.69. The summed E-state index contributed by atoms with van der Waals surface area (Å²) in [4.78, 5) is 18.5. The zero-order chi connectivity index (χ0) is 16.1. The SMILES string of the molecule is O=C(/C=C/c1ccc(F)cc1)Nc1ccc(N2CCCC2)nc1. The van der Waals surface area contributed by atoms with Crippen molar-refractivity contribution in [2.75, 3.05) is 23.3 Å². The molecule has 0 aliphatic carbocycles. The molecule has 1 N–H and O–H groups in total. The van der Waals surface area contributed by atoms with Crippen molar-refractivity contribution in [3.05, 3.63) is 60.1 Å². The lowest BCUT2D eigenvalue weighted by Gasteiger charge is -2.16. The maximum atomic E-state index is 12.8. The highest BCUT2D eigenvalue weighted by molar-refractivity contribution is 6.01. The van der Waals surface area contributed by atoms with Crippen LogP contribution in [-0.2, 0) is 4.79 Å². The Kier molecular flexibility index (Phi) is 4.66. The maximum absolute atomic E-state index is 12.8. The van der Waals surface area contributed by atoms with E-state index in [1.165, 1.54) is 31.1 Å². The van der Waals surface area contributed by atoms with E-state index in [4.69, 9.17) is 0 Å². The second-order valence-electron chi connectivity index (χ2n) is 5.47. The van der Waals surface area contributed by atoms with E-state index < -0.39 is 0 Å². The molecular weight excluding hydrogens is 293 g/mol. The molecule has 2 aromatic rings. The Morgan fingerprint density at radius 2 is 1.87 bits per heavy atom. The molecule has 23 heavy (non-hydrogen) atoms. The van der Waals surface area contributed by atoms with Crippen LogP contribution >= 0.6 is 0 Å². The van der Waals surface area contributed by atoms with E-state index in [2.05, 4.69) is 15.2 Å². The summed E-state index contributed by atoms with van der Waals surface area (Å²) in [6, 6.07) is 9.73. The van der Waals surface area contributed by atoms with Gasteiger partial charge in [-0.1, -0.05) is 12.1 Å². The monoisotopic (exact) mass is 311 g/mol. The summed E-state index contributed by atoms with van der Waals surface area (Å²) in [5.74, 6) is 0.406. The van der Waals surface area contributed by atoms with Crippen molar-refractivity contribution in [2.24, 2.45) is 0 Å². The first-order valence-corrected chi connectivity index (χ1v) is 7.66. The number of nitrogens with one attached hydrogen (secondary N) is 1. The second-order valence-corrected chi connectivity index (χ2v) is 5.47. The molecule has 0 unspecified atom stereocenters. The molecule has 1 aromatic heterocycles. The lowest BCUT2D eigenvalue weighted by molar-refractivity contribution is -0.111. The first kappa shape index (κ1) is 15.2. The fraction of sp³-hybridized carbons (Fsp3) is 0.222. The molecule has 0 saturated carbocycles. The maximum Gasteiger partial charge on any atom is 0.248 e. The highest BCUT2D eigenvalue weighted by atomic mass is 19.1. The number of hydrogen-bond donors (Lipinski definition) is 1. The first-order chi connectivity index (χ1) is 11.2. The predicted octanol–water partition coefficient (Wildman–Crippen LogP) is 3.47. The molecule has 0 bridgehead atoms. The predicted molar refractivity (Wildman–Crippen MR) is 89.7 cm³/mol. The van der Waals surface area contributed by atoms with Gasteiger partial charge in [-0.25, -0.2) is 9.37 Å². The number of aromatic nitrogens is 1. The van der Waals surface area contributed by atoms with Gasteiger partial charge in [0.05, 0.1) is 11.9 Å². The van der Waals surface area contributed by atoms with Crippen LogP contribution in [0.2, 0.25) is 0 Å². The molecule has 1 aliphatic rings. The number of rotatable bonds is 4. The van der Waals surface area contributed by atoms with Gasteiger partial charge in [0, 0.05) is 19.2 Å². The van der Waals surface area contributed by atoms with E-state index in [0.29, 0.717) is 5.69 Å². The molecule has 1 aromatic carbocycles. The van der Waals surface area contributed by atoms with E-state index in [0.717, 1.165) is 24.5 Å². The number of benzene rings is 1. The Bertz CT molecular complexity index is 689. The second kappa shape index (κ2) is 7.05. The average Bonchev–Trinajstić information content (AvgIpc) is 3.09. The first-order valence-electron chi connectivity index (χ1n) is 7.66. The lowest BCUT2D eigenvalue weighted by atomic mass is 10.2. The highest BCUT2D eigenvalue weighted by Gasteiger charge is 2.13. The van der Waals surface area contributed by atoms with Crippen LogP contribution in [0.15, 0.2) is 48.7 Å². The molecule has 1 saturated heterocycles. The van der Waals surface area contributed by atoms with Gasteiger partial charge in [-0.05, 0) is 48.7 Å². The number of carbonyl (C=O) groups is 1. The fourth-order valence-corrected chi connectivity index (χ4v) is 2.52. The minimum Gasteiger partial charge on any atom is -0.357 e. The number of halogens is 1. The zero-order valence-electron chi connectivity index (χ0n) is 12.7. The van der Waals surface area contributed by atoms with E-state index >= 15 is 0 Å². The van der Waals surface area contributed by atoms with Gasteiger partial charge in [0.1, 0.15) is 11.6 Å². The Morgan fingerprint density at radius 3 is 2.52 bits per heavy atom. The van der Waals surface area contributed by atoms with Crippen LogP contribution in [0.4, 0.5) is 15.9 Å². The van der Waals surface area contributed by atoms with Crippen LogP contribution in [0.5, 0.6) is 0 Å². The topological polar surface area (TPSA) is 45.2 Å². The third kappa shape index (κ3) is 4.16. The molecule has 1 aliphatic heterocycles. The average molecular weight is 311 g/mol. The standard InChI is InChI=1S/C18H18FN3O/c19-15-6-3-14(4-7-15)5-10-18(23)21-16-8-9-17(20-13-16)22-11-1-2-12-22/h3-10,13H,1-2,11-12H2,(H,21,23)/b10-5+. The lowest BCUT2D eigenvalue weighted by Crippen LogP contribution is -2.18. The van der Waals surface area contributed by atoms with E-state index in [9.17, 15) is 9.18 Å². The van der Waals surface area contributed by atoms with Crippen LogP contribution in [0.3, 0.4) is 0 Å². The van der Waals surface area contributed by atoms with Crippen molar-refractivity contribution in [1.82, 2.24) is 4.98 Å². The number of nitrogens with zero attached hydrogens (tertiary/aromatic N) is 2. The Labute approximate surface area is 134 Å². The molecular formula is C18H18FN3O. The van der Waals surface area contributed by atoms with E-state index in [-0.39, 0.29) is 11.7 Å². The summed E-state index contributed by atoms with van der Waals surface area (Å²) in [5.41, 5.74) is 1.42. The summed E-state index contributed by atoms with van der Waals surface area (Å²) in [7, 11) is 0. The Morgan fingerprint density at radius 1 is 1.13 bits per heavy atom. The molecule has 0 radical (unpaired) electrons. The van der Waals surface area contributed by atoms with Crippen molar-refractivity contribution in [2.45, 2.75) is 12.8 Å². The van der Waals surface area contributed by atoms with Crippen molar-refractivity contribution >= 4 is 23.5 Å². The third-order valence-electron chi connectivity index (χ3n) is 3.74. The molecule has 0 spiro atoms. The van der Waals surface area contributed by atoms with Crippen molar-refractivity contribution in [1.29, 1.82) is 0 Å². The molecule has 4 nitrogen and oxygen atoms in total. The number of amides is 1. The minimum atomic E-state index is -0.296. The smallest absolute Gasteiger partial charge is 0.248 e. The number of anilines is 2. The van der Waals surface area contributed by atoms with E-state index in [1.807, 2.05) is 12.1 Å². The third-order valence-corrected chi connectivity index (χ3v) is 3.74. The number of pyridine rings is 1. The summed E-state index contributed by atoms with van der Waals surface area (Å²) < 4.78 is 12.8. The van der Waals surface area contributed by atoms with Gasteiger partial charge in [-0.3, -0.25) is 4.79 Å². The summed E-state index contributed by atoms with van der Waals surface area (Å²) in [6.07, 6.45) is 7.13. The molecule has 0 atom stereocenters. The molecule has 5 heteroatoms. The quantitative estimate of drug-likeness (QED) is 0.879. The van der Waals surface area contributed by atoms with Gasteiger partial charge >= 0.3 is 0 Å². The molecule has 3 rings (SSSR count). The number of carbonyl (C=O) groups excluding carboxylic acids is 1. The van der Waals surface area contributed by atoms with E-state index in [1.54, 1.807) is 24.4 Å². The van der Waals surface area contributed by atoms with Crippen molar-refractivity contribution < 1.29 is 9.18 Å². The minimum absolute atomic E-state index is 0.245. The van der Waals surface area contributed by atoms with Gasteiger partial charge < -0.3 is 10.2 Å². The van der Waals surface area contributed by atoms with Gasteiger partial charge in [0.15, 0.2) is 0 Å². The number of hydrogen-bond acceptors (Lipinski definition) is 3. The van der Waals surface area contributed by atoms with Gasteiger partial charge in [0.2, 0.25) is 5.91 Å². The van der Waals surface area contributed by atoms with Crippen LogP contribution < -0.4 is 10.2 Å². The summed E-state index contributed by atoms with van der Waals surface area (Å²) in [5, 5.41) is 2.76. The summed E-state index contributed by atoms with van der Waals surface area (Å²) in [6.45, 7) is 2.08.